The molecular weight excluding hydrogens is 370 g/mol. The molecule has 0 saturated carbocycles. The minimum absolute atomic E-state index is 0.126. The fraction of sp³-hybridized carbons (Fsp3) is 0.250. The van der Waals surface area contributed by atoms with E-state index in [1.807, 2.05) is 18.2 Å². The van der Waals surface area contributed by atoms with E-state index in [1.54, 1.807) is 6.20 Å². The van der Waals surface area contributed by atoms with E-state index in [4.69, 9.17) is 0 Å². The maximum absolute atomic E-state index is 12.7. The van der Waals surface area contributed by atoms with E-state index in [-0.39, 0.29) is 12.1 Å². The molecule has 0 aliphatic rings. The third kappa shape index (κ3) is 5.50. The Kier molecular flexibility index (Phi) is 6.89. The van der Waals surface area contributed by atoms with Crippen molar-refractivity contribution in [1.29, 1.82) is 0 Å². The third-order valence-corrected chi connectivity index (χ3v) is 5.58. The first-order valence-electron chi connectivity index (χ1n) is 7.30. The summed E-state index contributed by atoms with van der Waals surface area (Å²) in [6.07, 6.45) is 1.81. The Morgan fingerprint density at radius 1 is 1.16 bits per heavy atom. The number of nitrogens with one attached hydrogen (secondary N) is 1. The number of hydrogen-bond donors (Lipinski definition) is 1. The average Bonchev–Trinajstić information content (AvgIpc) is 2.60. The zero-order valence-electron chi connectivity index (χ0n) is 13.1. The van der Waals surface area contributed by atoms with E-state index in [1.165, 1.54) is 30.0 Å². The summed E-state index contributed by atoms with van der Waals surface area (Å²) < 4.78 is 48.7. The van der Waals surface area contributed by atoms with Gasteiger partial charge < -0.3 is 5.32 Å². The fourth-order valence-corrected chi connectivity index (χ4v) is 3.69. The lowest BCUT2D eigenvalue weighted by molar-refractivity contribution is -0.115. The van der Waals surface area contributed by atoms with Gasteiger partial charge in [0.1, 0.15) is 0 Å². The van der Waals surface area contributed by atoms with Crippen LogP contribution in [0.5, 0.6) is 0 Å². The minimum atomic E-state index is -4.78. The first kappa shape index (κ1) is 19.3. The average molecular weight is 386 g/mol. The van der Waals surface area contributed by atoms with Crippen molar-refractivity contribution in [1.82, 2.24) is 4.98 Å². The summed E-state index contributed by atoms with van der Waals surface area (Å²) in [4.78, 5) is 15.5. The third-order valence-electron chi connectivity index (χ3n) is 3.15. The Bertz CT molecular complexity index is 815. The van der Waals surface area contributed by atoms with Crippen LogP contribution in [-0.4, -0.2) is 30.8 Å². The first-order chi connectivity index (χ1) is 11.9. The second-order valence-corrected chi connectivity index (χ2v) is 7.97. The number of pyridine rings is 1. The first-order valence-corrected chi connectivity index (χ1v) is 10.00. The van der Waals surface area contributed by atoms with Crippen LogP contribution >= 0.6 is 11.8 Å². The molecule has 0 saturated heterocycles. The molecule has 0 aliphatic carbocycles. The molecule has 1 heterocycles. The summed E-state index contributed by atoms with van der Waals surface area (Å²) in [7, 11) is -4.78. The number of halogens is 2. The molecule has 5 nitrogen and oxygen atoms in total. The minimum Gasteiger partial charge on any atom is -0.325 e. The van der Waals surface area contributed by atoms with Gasteiger partial charge in [-0.15, -0.1) is 0 Å². The molecule has 2 aromatic rings. The molecule has 0 radical (unpaired) electrons. The Hall–Kier alpha value is -2.00. The van der Waals surface area contributed by atoms with Crippen molar-refractivity contribution in [3.63, 3.8) is 0 Å². The summed E-state index contributed by atoms with van der Waals surface area (Å²) in [5.74, 6) is -2.85. The summed E-state index contributed by atoms with van der Waals surface area (Å²) in [5.41, 5.74) is 0.754. The maximum Gasteiger partial charge on any atom is 0.341 e. The van der Waals surface area contributed by atoms with Crippen LogP contribution in [0.2, 0.25) is 0 Å². The number of amides is 1. The second-order valence-electron chi connectivity index (χ2n) is 4.97. The molecule has 0 unspecified atom stereocenters. The van der Waals surface area contributed by atoms with Crippen LogP contribution in [-0.2, 0) is 20.4 Å². The number of thioether (sulfide) groups is 1. The van der Waals surface area contributed by atoms with Crippen molar-refractivity contribution in [3.8, 4) is 0 Å². The number of anilines is 1. The van der Waals surface area contributed by atoms with Crippen molar-refractivity contribution >= 4 is 33.2 Å². The molecule has 0 atom stereocenters. The molecule has 0 spiro atoms. The van der Waals surface area contributed by atoms with Gasteiger partial charge in [0.2, 0.25) is 15.7 Å². The highest BCUT2D eigenvalue weighted by atomic mass is 32.2. The van der Waals surface area contributed by atoms with Gasteiger partial charge >= 0.3 is 5.76 Å². The van der Waals surface area contributed by atoms with Crippen molar-refractivity contribution in [3.05, 3.63) is 54.4 Å². The van der Waals surface area contributed by atoms with Crippen LogP contribution in [0.15, 0.2) is 53.6 Å². The van der Waals surface area contributed by atoms with Crippen molar-refractivity contribution in [2.75, 3.05) is 11.1 Å². The fourth-order valence-electron chi connectivity index (χ4n) is 1.95. The van der Waals surface area contributed by atoms with E-state index in [2.05, 4.69) is 10.3 Å². The number of rotatable bonds is 8. The zero-order valence-corrected chi connectivity index (χ0v) is 14.7. The molecule has 1 aromatic carbocycles. The molecular formula is C16H16F2N2O3S2. The largest absolute Gasteiger partial charge is 0.341 e. The topological polar surface area (TPSA) is 76.1 Å². The lowest BCUT2D eigenvalue weighted by Gasteiger charge is -2.11. The summed E-state index contributed by atoms with van der Waals surface area (Å²) >= 11 is 1.50. The van der Waals surface area contributed by atoms with Crippen molar-refractivity contribution in [2.24, 2.45) is 0 Å². The SMILES string of the molecule is O=C(CCSCc1ccccn1)Nc1ccccc1S(=O)(=O)C(F)F. The van der Waals surface area contributed by atoms with E-state index >= 15 is 0 Å². The Labute approximate surface area is 148 Å². The number of carbonyl (C=O) groups excluding carboxylic acids is 1. The number of carbonyl (C=O) groups is 1. The Balaban J connectivity index is 1.91. The lowest BCUT2D eigenvalue weighted by Crippen LogP contribution is -2.18. The van der Waals surface area contributed by atoms with Crippen LogP contribution in [0, 0.1) is 0 Å². The van der Waals surface area contributed by atoms with E-state index in [0.29, 0.717) is 11.5 Å². The van der Waals surface area contributed by atoms with Crippen LogP contribution in [0.25, 0.3) is 0 Å². The van der Waals surface area contributed by atoms with E-state index < -0.39 is 26.4 Å². The number of benzene rings is 1. The van der Waals surface area contributed by atoms with Gasteiger partial charge in [-0.1, -0.05) is 18.2 Å². The second kappa shape index (κ2) is 8.91. The molecule has 0 aliphatic heterocycles. The smallest absolute Gasteiger partial charge is 0.325 e. The Morgan fingerprint density at radius 2 is 1.88 bits per heavy atom. The monoisotopic (exact) mass is 386 g/mol. The molecule has 1 N–H and O–H groups in total. The van der Waals surface area contributed by atoms with Gasteiger partial charge in [-0.05, 0) is 24.3 Å². The maximum atomic E-state index is 12.7. The zero-order chi connectivity index (χ0) is 18.3. The van der Waals surface area contributed by atoms with Gasteiger partial charge in [-0.3, -0.25) is 9.78 Å². The molecule has 134 valence electrons. The molecule has 1 amide bonds. The van der Waals surface area contributed by atoms with Gasteiger partial charge in [0.05, 0.1) is 16.3 Å². The van der Waals surface area contributed by atoms with Gasteiger partial charge in [0.15, 0.2) is 0 Å². The van der Waals surface area contributed by atoms with E-state index in [0.717, 1.165) is 11.8 Å². The van der Waals surface area contributed by atoms with Crippen molar-refractivity contribution in [2.45, 2.75) is 22.8 Å². The molecule has 9 heteroatoms. The quantitative estimate of drug-likeness (QED) is 0.704. The number of alkyl halides is 2. The number of para-hydroxylation sites is 1. The van der Waals surface area contributed by atoms with Crippen LogP contribution in [0.4, 0.5) is 14.5 Å². The number of aromatic nitrogens is 1. The predicted octanol–water partition coefficient (Wildman–Crippen LogP) is 3.34. The normalized spacial score (nSPS) is 11.5. The van der Waals surface area contributed by atoms with Crippen LogP contribution in [0.1, 0.15) is 12.1 Å². The Morgan fingerprint density at radius 3 is 2.56 bits per heavy atom. The molecule has 1 aromatic heterocycles. The molecule has 25 heavy (non-hydrogen) atoms. The number of sulfone groups is 1. The highest BCUT2D eigenvalue weighted by molar-refractivity contribution is 7.98. The van der Waals surface area contributed by atoms with Gasteiger partial charge in [-0.2, -0.15) is 20.5 Å². The summed E-state index contributed by atoms with van der Waals surface area (Å²) in [6, 6.07) is 10.7. The van der Waals surface area contributed by atoms with Gasteiger partial charge in [0, 0.05) is 24.1 Å². The van der Waals surface area contributed by atoms with Crippen LogP contribution < -0.4 is 5.32 Å². The van der Waals surface area contributed by atoms with Gasteiger partial charge in [0.25, 0.3) is 0 Å². The van der Waals surface area contributed by atoms with Crippen LogP contribution in [0.3, 0.4) is 0 Å². The van der Waals surface area contributed by atoms with Gasteiger partial charge in [-0.25, -0.2) is 8.42 Å². The molecule has 2 rings (SSSR count). The number of hydrogen-bond acceptors (Lipinski definition) is 5. The highest BCUT2D eigenvalue weighted by Gasteiger charge is 2.29. The molecule has 0 fully saturated rings. The standard InChI is InChI=1S/C16H16F2N2O3S2/c17-16(18)25(22,23)14-7-2-1-6-13(14)20-15(21)8-10-24-11-12-5-3-4-9-19-12/h1-7,9,16H,8,10-11H2,(H,20,21). The molecule has 0 bridgehead atoms. The summed E-state index contributed by atoms with van der Waals surface area (Å²) in [6.45, 7) is 0. The van der Waals surface area contributed by atoms with Crippen molar-refractivity contribution < 1.29 is 22.0 Å². The summed E-state index contributed by atoms with van der Waals surface area (Å²) in [5, 5.41) is 2.39. The lowest BCUT2D eigenvalue weighted by atomic mass is 10.3. The van der Waals surface area contributed by atoms with E-state index in [9.17, 15) is 22.0 Å². The predicted molar refractivity (Wildman–Crippen MR) is 93.3 cm³/mol. The number of nitrogens with zero attached hydrogens (tertiary/aromatic N) is 1. The highest BCUT2D eigenvalue weighted by Crippen LogP contribution is 2.26.